The minimum atomic E-state index is -0.385. The van der Waals surface area contributed by atoms with Gasteiger partial charge < -0.3 is 14.5 Å². The molecule has 0 aliphatic carbocycles. The van der Waals surface area contributed by atoms with Gasteiger partial charge in [0.1, 0.15) is 0 Å². The van der Waals surface area contributed by atoms with Gasteiger partial charge in [-0.2, -0.15) is 0 Å². The topological polar surface area (TPSA) is 49.9 Å². The Hall–Kier alpha value is -1.10. The van der Waals surface area contributed by atoms with Crippen molar-refractivity contribution in [1.29, 1.82) is 0 Å². The van der Waals surface area contributed by atoms with Crippen molar-refractivity contribution < 1.29 is 14.3 Å². The third kappa shape index (κ3) is 5.70. The Morgan fingerprint density at radius 1 is 1.16 bits per heavy atom. The first-order valence-electron chi connectivity index (χ1n) is 10.0. The molecule has 0 aromatic carbocycles. The van der Waals surface area contributed by atoms with E-state index >= 15 is 0 Å². The molecule has 2 unspecified atom stereocenters. The van der Waals surface area contributed by atoms with E-state index in [1.54, 1.807) is 0 Å². The molecule has 0 aromatic heterocycles. The van der Waals surface area contributed by atoms with E-state index < -0.39 is 0 Å². The predicted octanol–water partition coefficient (Wildman–Crippen LogP) is 3.08. The summed E-state index contributed by atoms with van der Waals surface area (Å²) in [5.41, 5.74) is -0.385. The number of carbonyl (C=O) groups excluding carboxylic acids is 2. The van der Waals surface area contributed by atoms with Gasteiger partial charge in [-0.3, -0.25) is 9.59 Å². The number of likely N-dealkylation sites (tertiary alicyclic amines) is 1. The zero-order valence-corrected chi connectivity index (χ0v) is 16.6. The van der Waals surface area contributed by atoms with Crippen LogP contribution in [0.3, 0.4) is 0 Å². The Bertz CT molecular complexity index is 452. The fourth-order valence-corrected chi connectivity index (χ4v) is 3.85. The van der Waals surface area contributed by atoms with E-state index in [9.17, 15) is 9.59 Å². The van der Waals surface area contributed by atoms with Crippen LogP contribution in [0.4, 0.5) is 0 Å². The van der Waals surface area contributed by atoms with Crippen LogP contribution in [0.1, 0.15) is 66.2 Å². The highest BCUT2D eigenvalue weighted by Gasteiger charge is 2.35. The van der Waals surface area contributed by atoms with Crippen LogP contribution in [0.5, 0.6) is 0 Å². The molecule has 5 nitrogen and oxygen atoms in total. The van der Waals surface area contributed by atoms with Crippen molar-refractivity contribution in [3.63, 3.8) is 0 Å². The van der Waals surface area contributed by atoms with Gasteiger partial charge >= 0.3 is 0 Å². The molecular weight excluding hydrogens is 316 g/mol. The van der Waals surface area contributed by atoms with Gasteiger partial charge in [0, 0.05) is 38.2 Å². The smallest absolute Gasteiger partial charge is 0.227 e. The number of rotatable bonds is 5. The highest BCUT2D eigenvalue weighted by molar-refractivity contribution is 5.84. The van der Waals surface area contributed by atoms with Crippen LogP contribution in [-0.4, -0.2) is 60.5 Å². The van der Waals surface area contributed by atoms with E-state index in [1.165, 1.54) is 6.42 Å². The maximum atomic E-state index is 13.1. The van der Waals surface area contributed by atoms with Gasteiger partial charge in [0.15, 0.2) is 0 Å². The van der Waals surface area contributed by atoms with Crippen molar-refractivity contribution in [3.05, 3.63) is 0 Å². The molecule has 25 heavy (non-hydrogen) atoms. The molecule has 2 amide bonds. The molecule has 5 heteroatoms. The SMILES string of the molecule is CCCN(CC1CCCCO1)C(=O)C1CCCN(C(=O)C(C)(C)C)C1. The summed E-state index contributed by atoms with van der Waals surface area (Å²) in [5, 5.41) is 0. The third-order valence-electron chi connectivity index (χ3n) is 5.20. The van der Waals surface area contributed by atoms with E-state index in [1.807, 2.05) is 30.6 Å². The molecule has 0 radical (unpaired) electrons. The molecule has 0 spiro atoms. The monoisotopic (exact) mass is 352 g/mol. The van der Waals surface area contributed by atoms with Gasteiger partial charge in [-0.25, -0.2) is 0 Å². The standard InChI is InChI=1S/C20H36N2O3/c1-5-11-21(15-17-10-6-7-13-25-17)18(23)16-9-8-12-22(14-16)19(24)20(2,3)4/h16-17H,5-15H2,1-4H3. The Labute approximate surface area is 153 Å². The lowest BCUT2D eigenvalue weighted by atomic mass is 9.90. The van der Waals surface area contributed by atoms with Crippen molar-refractivity contribution in [2.75, 3.05) is 32.8 Å². The summed E-state index contributed by atoms with van der Waals surface area (Å²) < 4.78 is 5.84. The zero-order valence-electron chi connectivity index (χ0n) is 16.6. The van der Waals surface area contributed by atoms with Crippen molar-refractivity contribution in [2.45, 2.75) is 72.3 Å². The number of nitrogens with zero attached hydrogens (tertiary/aromatic N) is 2. The lowest BCUT2D eigenvalue weighted by Crippen LogP contribution is -2.50. The van der Waals surface area contributed by atoms with Crippen molar-refractivity contribution in [1.82, 2.24) is 9.80 Å². The first-order valence-corrected chi connectivity index (χ1v) is 10.0. The van der Waals surface area contributed by atoms with Crippen LogP contribution in [-0.2, 0) is 14.3 Å². The second-order valence-electron chi connectivity index (χ2n) is 8.61. The van der Waals surface area contributed by atoms with Gasteiger partial charge in [0.2, 0.25) is 11.8 Å². The highest BCUT2D eigenvalue weighted by atomic mass is 16.5. The molecule has 2 fully saturated rings. The van der Waals surface area contributed by atoms with Crippen LogP contribution >= 0.6 is 0 Å². The molecule has 0 aromatic rings. The van der Waals surface area contributed by atoms with Gasteiger partial charge in [0.25, 0.3) is 0 Å². The maximum Gasteiger partial charge on any atom is 0.227 e. The molecule has 0 N–H and O–H groups in total. The van der Waals surface area contributed by atoms with Gasteiger partial charge in [-0.05, 0) is 38.5 Å². The minimum absolute atomic E-state index is 0.0600. The van der Waals surface area contributed by atoms with E-state index in [2.05, 4.69) is 6.92 Å². The molecule has 2 saturated heterocycles. The normalized spacial score (nSPS) is 24.9. The summed E-state index contributed by atoms with van der Waals surface area (Å²) in [6, 6.07) is 0. The number of piperidine rings is 1. The summed E-state index contributed by atoms with van der Waals surface area (Å²) in [7, 11) is 0. The van der Waals surface area contributed by atoms with Crippen molar-refractivity contribution in [3.8, 4) is 0 Å². The summed E-state index contributed by atoms with van der Waals surface area (Å²) in [4.78, 5) is 29.6. The Morgan fingerprint density at radius 3 is 2.52 bits per heavy atom. The minimum Gasteiger partial charge on any atom is -0.376 e. The van der Waals surface area contributed by atoms with Crippen molar-refractivity contribution in [2.24, 2.45) is 11.3 Å². The van der Waals surface area contributed by atoms with E-state index in [-0.39, 0.29) is 29.3 Å². The largest absolute Gasteiger partial charge is 0.376 e. The van der Waals surface area contributed by atoms with Gasteiger partial charge in [-0.15, -0.1) is 0 Å². The third-order valence-corrected chi connectivity index (χ3v) is 5.20. The molecular formula is C20H36N2O3. The van der Waals surface area contributed by atoms with Crippen molar-refractivity contribution >= 4 is 11.8 Å². The number of hydrogen-bond acceptors (Lipinski definition) is 3. The molecule has 144 valence electrons. The number of hydrogen-bond donors (Lipinski definition) is 0. The average molecular weight is 353 g/mol. The fourth-order valence-electron chi connectivity index (χ4n) is 3.85. The summed E-state index contributed by atoms with van der Waals surface area (Å²) in [6.45, 7) is 11.6. The van der Waals surface area contributed by atoms with Crippen LogP contribution in [0.25, 0.3) is 0 Å². The average Bonchev–Trinajstić information content (AvgIpc) is 2.60. The molecule has 0 saturated carbocycles. The Morgan fingerprint density at radius 2 is 1.92 bits per heavy atom. The second kappa shape index (κ2) is 9.02. The first kappa shape index (κ1) is 20.2. The second-order valence-corrected chi connectivity index (χ2v) is 8.61. The lowest BCUT2D eigenvalue weighted by molar-refractivity contribution is -0.146. The number of carbonyl (C=O) groups is 2. The quantitative estimate of drug-likeness (QED) is 0.764. The van der Waals surface area contributed by atoms with Crippen LogP contribution in [0.15, 0.2) is 0 Å². The summed E-state index contributed by atoms with van der Waals surface area (Å²) in [5.74, 6) is 0.306. The van der Waals surface area contributed by atoms with Crippen LogP contribution in [0.2, 0.25) is 0 Å². The molecule has 0 bridgehead atoms. The van der Waals surface area contributed by atoms with Gasteiger partial charge in [0.05, 0.1) is 12.0 Å². The van der Waals surface area contributed by atoms with E-state index in [0.717, 1.165) is 51.8 Å². The predicted molar refractivity (Wildman–Crippen MR) is 99.2 cm³/mol. The number of ether oxygens (including phenoxy) is 1. The molecule has 2 aliphatic heterocycles. The fraction of sp³-hybridized carbons (Fsp3) is 0.900. The lowest BCUT2D eigenvalue weighted by Gasteiger charge is -2.38. The Kier molecular flexibility index (Phi) is 7.29. The van der Waals surface area contributed by atoms with E-state index in [0.29, 0.717) is 13.1 Å². The zero-order chi connectivity index (χ0) is 18.4. The molecule has 2 heterocycles. The number of amides is 2. The summed E-state index contributed by atoms with van der Waals surface area (Å²) in [6.07, 6.45) is 6.31. The first-order chi connectivity index (χ1) is 11.8. The van der Waals surface area contributed by atoms with Gasteiger partial charge in [-0.1, -0.05) is 27.7 Å². The highest BCUT2D eigenvalue weighted by Crippen LogP contribution is 2.25. The van der Waals surface area contributed by atoms with Crippen LogP contribution in [0, 0.1) is 11.3 Å². The maximum absolute atomic E-state index is 13.1. The molecule has 2 aliphatic rings. The van der Waals surface area contributed by atoms with E-state index in [4.69, 9.17) is 4.74 Å². The molecule has 2 rings (SSSR count). The molecule has 2 atom stereocenters. The Balaban J connectivity index is 1.98. The summed E-state index contributed by atoms with van der Waals surface area (Å²) >= 11 is 0. The van der Waals surface area contributed by atoms with Crippen LogP contribution < -0.4 is 0 Å².